The Morgan fingerprint density at radius 2 is 1.81 bits per heavy atom. The van der Waals surface area contributed by atoms with Crippen LogP contribution in [0.3, 0.4) is 0 Å². The smallest absolute Gasteiger partial charge is 0.303 e. The second-order valence-corrected chi connectivity index (χ2v) is 10.5. The zero-order chi connectivity index (χ0) is 25.6. The maximum Gasteiger partial charge on any atom is 0.303 e. The number of carbonyl (C=O) groups is 1. The number of ether oxygens (including phenoxy) is 4. The molecule has 1 saturated carbocycles. The molecule has 2 aliphatic heterocycles. The Morgan fingerprint density at radius 1 is 1.06 bits per heavy atom. The van der Waals surface area contributed by atoms with Gasteiger partial charge in [0.1, 0.15) is 0 Å². The third-order valence-corrected chi connectivity index (χ3v) is 7.56. The van der Waals surface area contributed by atoms with Crippen molar-refractivity contribution in [2.75, 3.05) is 13.2 Å². The minimum Gasteiger partial charge on any atom is -0.481 e. The van der Waals surface area contributed by atoms with E-state index in [2.05, 4.69) is 19.1 Å². The number of aliphatic carboxylic acids is 1. The Labute approximate surface area is 217 Å². The van der Waals surface area contributed by atoms with E-state index in [0.29, 0.717) is 19.3 Å². The van der Waals surface area contributed by atoms with Gasteiger partial charge in [0.25, 0.3) is 0 Å². The Kier molecular flexibility index (Phi) is 13.5. The Bertz CT molecular complexity index is 667. The highest BCUT2D eigenvalue weighted by molar-refractivity contribution is 5.66. The van der Waals surface area contributed by atoms with Crippen molar-refractivity contribution in [1.82, 2.24) is 0 Å². The summed E-state index contributed by atoms with van der Waals surface area (Å²) >= 11 is 0. The highest BCUT2D eigenvalue weighted by Crippen LogP contribution is 2.39. The summed E-state index contributed by atoms with van der Waals surface area (Å²) in [7, 11) is 0. The van der Waals surface area contributed by atoms with Crippen molar-refractivity contribution < 1.29 is 34.0 Å². The average molecular weight is 509 g/mol. The van der Waals surface area contributed by atoms with Crippen LogP contribution in [0.15, 0.2) is 24.3 Å². The van der Waals surface area contributed by atoms with Gasteiger partial charge in [-0.05, 0) is 63.7 Å². The minimum atomic E-state index is -0.793. The molecule has 206 valence electrons. The molecule has 3 fully saturated rings. The van der Waals surface area contributed by atoms with Gasteiger partial charge in [0.15, 0.2) is 12.6 Å². The molecule has 0 radical (unpaired) electrons. The lowest BCUT2D eigenvalue weighted by atomic mass is 9.89. The van der Waals surface area contributed by atoms with Gasteiger partial charge in [-0.2, -0.15) is 0 Å². The third-order valence-electron chi connectivity index (χ3n) is 7.56. The number of hydrogen-bond acceptors (Lipinski definition) is 6. The van der Waals surface area contributed by atoms with E-state index in [-0.39, 0.29) is 43.0 Å². The van der Waals surface area contributed by atoms with Crippen molar-refractivity contribution in [2.24, 2.45) is 11.8 Å². The molecule has 2 unspecified atom stereocenters. The molecule has 36 heavy (non-hydrogen) atoms. The monoisotopic (exact) mass is 508 g/mol. The van der Waals surface area contributed by atoms with Gasteiger partial charge in [0, 0.05) is 32.0 Å². The van der Waals surface area contributed by atoms with Crippen LogP contribution in [0, 0.1) is 11.8 Å². The number of unbranched alkanes of at least 4 members (excludes halogenated alkanes) is 2. The fourth-order valence-corrected chi connectivity index (χ4v) is 5.49. The van der Waals surface area contributed by atoms with Crippen LogP contribution in [0.5, 0.6) is 0 Å². The topological polar surface area (TPSA) is 94.5 Å². The van der Waals surface area contributed by atoms with Gasteiger partial charge in [-0.25, -0.2) is 0 Å². The first kappa shape index (κ1) is 29.3. The lowest BCUT2D eigenvalue weighted by Crippen LogP contribution is -2.31. The van der Waals surface area contributed by atoms with E-state index in [4.69, 9.17) is 24.1 Å². The van der Waals surface area contributed by atoms with Gasteiger partial charge in [0.2, 0.25) is 0 Å². The largest absolute Gasteiger partial charge is 0.481 e. The van der Waals surface area contributed by atoms with E-state index in [1.165, 1.54) is 12.8 Å². The van der Waals surface area contributed by atoms with E-state index >= 15 is 0 Å². The Morgan fingerprint density at radius 3 is 2.47 bits per heavy atom. The number of aliphatic hydroxyl groups is 1. The van der Waals surface area contributed by atoms with Crippen LogP contribution in [0.4, 0.5) is 0 Å². The van der Waals surface area contributed by atoms with Crippen LogP contribution >= 0.6 is 0 Å². The highest BCUT2D eigenvalue weighted by Gasteiger charge is 2.42. The van der Waals surface area contributed by atoms with E-state index in [0.717, 1.165) is 64.6 Å². The van der Waals surface area contributed by atoms with Crippen LogP contribution in [0.1, 0.15) is 96.8 Å². The minimum absolute atomic E-state index is 0.0122. The first-order valence-corrected chi connectivity index (χ1v) is 14.3. The van der Waals surface area contributed by atoms with Gasteiger partial charge in [-0.3, -0.25) is 4.79 Å². The number of carboxylic acid groups (broad SMARTS) is 1. The van der Waals surface area contributed by atoms with Crippen molar-refractivity contribution in [3.05, 3.63) is 24.3 Å². The first-order valence-electron chi connectivity index (χ1n) is 14.3. The van der Waals surface area contributed by atoms with Gasteiger partial charge in [0.05, 0.1) is 18.3 Å². The Hall–Kier alpha value is -1.25. The first-order chi connectivity index (χ1) is 17.6. The molecule has 7 heteroatoms. The van der Waals surface area contributed by atoms with Gasteiger partial charge < -0.3 is 29.2 Å². The van der Waals surface area contributed by atoms with Crippen LogP contribution < -0.4 is 0 Å². The second-order valence-electron chi connectivity index (χ2n) is 10.5. The predicted octanol–water partition coefficient (Wildman–Crippen LogP) is 5.75. The molecule has 0 aromatic carbocycles. The molecule has 2 N–H and O–H groups in total. The summed E-state index contributed by atoms with van der Waals surface area (Å²) in [6.45, 7) is 3.70. The lowest BCUT2D eigenvalue weighted by molar-refractivity contribution is -0.193. The van der Waals surface area contributed by atoms with Crippen molar-refractivity contribution >= 4 is 5.97 Å². The predicted molar refractivity (Wildman–Crippen MR) is 138 cm³/mol. The SMILES string of the molecule is CCCCCC(/C=C/[C@@H]1[C@@H](C/C=C\CCC(=O)O)[C@@H](O)C[C@H]1OC1CCCCO1)O[C@H]1CCCCO1. The summed E-state index contributed by atoms with van der Waals surface area (Å²) in [5.41, 5.74) is 0. The lowest BCUT2D eigenvalue weighted by Gasteiger charge is -2.30. The summed E-state index contributed by atoms with van der Waals surface area (Å²) in [4.78, 5) is 10.8. The van der Waals surface area contributed by atoms with Crippen LogP contribution in [-0.2, 0) is 23.7 Å². The normalized spacial score (nSPS) is 32.4. The van der Waals surface area contributed by atoms with Crippen molar-refractivity contribution in [2.45, 2.75) is 128 Å². The molecule has 0 spiro atoms. The molecule has 1 aliphatic carbocycles. The van der Waals surface area contributed by atoms with E-state index in [9.17, 15) is 9.90 Å². The van der Waals surface area contributed by atoms with Gasteiger partial charge in [-0.15, -0.1) is 0 Å². The second kappa shape index (κ2) is 16.6. The molecular weight excluding hydrogens is 460 g/mol. The number of hydrogen-bond donors (Lipinski definition) is 2. The van der Waals surface area contributed by atoms with Gasteiger partial charge in [-0.1, -0.05) is 50.5 Å². The highest BCUT2D eigenvalue weighted by atomic mass is 16.7. The number of allylic oxidation sites excluding steroid dienone is 2. The van der Waals surface area contributed by atoms with Crippen molar-refractivity contribution in [3.8, 4) is 0 Å². The zero-order valence-corrected chi connectivity index (χ0v) is 22.1. The average Bonchev–Trinajstić information content (AvgIpc) is 3.17. The molecule has 0 aromatic rings. The third kappa shape index (κ3) is 10.3. The fraction of sp³-hybridized carbons (Fsp3) is 0.828. The summed E-state index contributed by atoms with van der Waals surface area (Å²) in [5, 5.41) is 19.9. The maximum absolute atomic E-state index is 11.0. The summed E-state index contributed by atoms with van der Waals surface area (Å²) in [6.07, 6.45) is 19.9. The number of rotatable bonds is 15. The maximum atomic E-state index is 11.0. The van der Waals surface area contributed by atoms with E-state index < -0.39 is 12.1 Å². The summed E-state index contributed by atoms with van der Waals surface area (Å²) in [6, 6.07) is 0. The quantitative estimate of drug-likeness (QED) is 0.215. The molecule has 2 saturated heterocycles. The molecule has 0 amide bonds. The molecule has 0 bridgehead atoms. The molecule has 3 aliphatic rings. The van der Waals surface area contributed by atoms with Crippen molar-refractivity contribution in [1.29, 1.82) is 0 Å². The summed E-state index contributed by atoms with van der Waals surface area (Å²) < 4.78 is 24.5. The fourth-order valence-electron chi connectivity index (χ4n) is 5.49. The summed E-state index contributed by atoms with van der Waals surface area (Å²) in [5.74, 6) is -0.740. The number of aliphatic hydroxyl groups excluding tert-OH is 1. The molecular formula is C29H48O7. The number of carboxylic acids is 1. The van der Waals surface area contributed by atoms with E-state index in [1.807, 2.05) is 12.2 Å². The Balaban J connectivity index is 1.68. The van der Waals surface area contributed by atoms with Crippen molar-refractivity contribution in [3.63, 3.8) is 0 Å². The van der Waals surface area contributed by atoms with Gasteiger partial charge >= 0.3 is 5.97 Å². The zero-order valence-electron chi connectivity index (χ0n) is 22.1. The molecule has 0 aromatic heterocycles. The molecule has 2 heterocycles. The van der Waals surface area contributed by atoms with Crippen LogP contribution in [0.25, 0.3) is 0 Å². The molecule has 7 nitrogen and oxygen atoms in total. The standard InChI is InChI=1S/C29H48O7/c1-2-3-5-12-22(35-28-15-8-10-19-33-28)17-18-24-23(13-6-4-7-14-27(31)32)25(30)21-26(24)36-29-16-9-11-20-34-29/h4,6,17-18,22-26,28-30H,2-3,5,7-16,19-21H2,1H3,(H,31,32)/b6-4-,18-17+/t22?,23-,24-,25+,26-,28+,29?/m1/s1. The molecule has 7 atom stereocenters. The van der Waals surface area contributed by atoms with Crippen LogP contribution in [0.2, 0.25) is 0 Å². The molecule has 3 rings (SSSR count). The van der Waals surface area contributed by atoms with Crippen LogP contribution in [-0.4, -0.2) is 60.3 Å². The van der Waals surface area contributed by atoms with E-state index in [1.54, 1.807) is 0 Å².